The molecule has 31 heavy (non-hydrogen) atoms. The summed E-state index contributed by atoms with van der Waals surface area (Å²) in [4.78, 5) is 13.3. The Kier molecular flexibility index (Phi) is 8.61. The van der Waals surface area contributed by atoms with E-state index < -0.39 is 0 Å². The van der Waals surface area contributed by atoms with Crippen molar-refractivity contribution in [2.75, 3.05) is 40.8 Å². The third-order valence-corrected chi connectivity index (χ3v) is 4.73. The fourth-order valence-electron chi connectivity index (χ4n) is 3.32. The highest BCUT2D eigenvalue weighted by Crippen LogP contribution is 2.47. The molecule has 0 aromatic heterocycles. The van der Waals surface area contributed by atoms with E-state index in [2.05, 4.69) is 0 Å². The summed E-state index contributed by atoms with van der Waals surface area (Å²) >= 11 is 0. The second kappa shape index (κ2) is 11.2. The number of Topliss-reactive ketones (excluding diaryl/α,β-unsaturated/α-hetero) is 1. The van der Waals surface area contributed by atoms with Crippen LogP contribution in [-0.2, 0) is 0 Å². The summed E-state index contributed by atoms with van der Waals surface area (Å²) in [5.74, 6) is 2.12. The fraction of sp³-hybridized carbons (Fsp3) is 0.375. The Balaban J connectivity index is 2.63. The molecule has 0 aliphatic carbocycles. The van der Waals surface area contributed by atoms with Gasteiger partial charge < -0.3 is 29.4 Å². The smallest absolute Gasteiger partial charge is 0.207 e. The highest BCUT2D eigenvalue weighted by Gasteiger charge is 2.22. The van der Waals surface area contributed by atoms with Gasteiger partial charge in [0, 0.05) is 16.7 Å². The molecule has 0 spiro atoms. The number of methoxy groups -OCH3 is 4. The summed E-state index contributed by atoms with van der Waals surface area (Å²) in [5, 5.41) is 0. The molecule has 0 saturated heterocycles. The van der Waals surface area contributed by atoms with Crippen molar-refractivity contribution in [3.63, 3.8) is 0 Å². The first-order valence-corrected chi connectivity index (χ1v) is 10.1. The zero-order chi connectivity index (χ0) is 23.0. The van der Waals surface area contributed by atoms with Crippen LogP contribution >= 0.6 is 0 Å². The van der Waals surface area contributed by atoms with Gasteiger partial charge in [0.15, 0.2) is 17.3 Å². The van der Waals surface area contributed by atoms with Crippen LogP contribution in [0.15, 0.2) is 29.8 Å². The SMILES string of the molecule is CCCC(=Cc1cc(OC)c(OC)c(OC)c1OC)C(=O)c1ccc(N)c(OCC)c1. The molecule has 0 saturated carbocycles. The summed E-state index contributed by atoms with van der Waals surface area (Å²) in [6, 6.07) is 6.83. The Morgan fingerprint density at radius 2 is 1.58 bits per heavy atom. The molecule has 0 aliphatic rings. The Hall–Kier alpha value is -3.35. The van der Waals surface area contributed by atoms with Crippen molar-refractivity contribution in [1.82, 2.24) is 0 Å². The standard InChI is InChI=1S/C24H31NO6/c1-7-9-15(21(26)16-10-11-18(25)19(13-16)31-8-2)12-17-14-20(27-3)23(29-5)24(30-6)22(17)28-4/h10-14H,7-9,25H2,1-6H3. The van der Waals surface area contributed by atoms with Crippen molar-refractivity contribution < 1.29 is 28.5 Å². The fourth-order valence-corrected chi connectivity index (χ4v) is 3.32. The van der Waals surface area contributed by atoms with Gasteiger partial charge in [-0.1, -0.05) is 13.3 Å². The van der Waals surface area contributed by atoms with Crippen LogP contribution in [0.2, 0.25) is 0 Å². The van der Waals surface area contributed by atoms with Gasteiger partial charge in [-0.2, -0.15) is 0 Å². The molecule has 0 heterocycles. The van der Waals surface area contributed by atoms with Gasteiger partial charge in [0.05, 0.1) is 40.7 Å². The summed E-state index contributed by atoms with van der Waals surface area (Å²) in [7, 11) is 6.13. The van der Waals surface area contributed by atoms with E-state index in [1.54, 1.807) is 37.5 Å². The molecular weight excluding hydrogens is 398 g/mol. The van der Waals surface area contributed by atoms with E-state index in [1.807, 2.05) is 13.8 Å². The van der Waals surface area contributed by atoms with Crippen LogP contribution < -0.4 is 29.4 Å². The molecule has 2 N–H and O–H groups in total. The second-order valence-corrected chi connectivity index (χ2v) is 6.70. The van der Waals surface area contributed by atoms with E-state index in [9.17, 15) is 4.79 Å². The topological polar surface area (TPSA) is 89.2 Å². The van der Waals surface area contributed by atoms with E-state index in [-0.39, 0.29) is 5.78 Å². The van der Waals surface area contributed by atoms with Gasteiger partial charge in [-0.3, -0.25) is 4.79 Å². The molecule has 2 aromatic carbocycles. The van der Waals surface area contributed by atoms with Crippen LogP contribution in [0, 0.1) is 0 Å². The number of allylic oxidation sites excluding steroid dienone is 1. The number of nitrogens with two attached hydrogens (primary N) is 1. The predicted octanol–water partition coefficient (Wildman–Crippen LogP) is 4.77. The van der Waals surface area contributed by atoms with Gasteiger partial charge >= 0.3 is 0 Å². The highest BCUT2D eigenvalue weighted by molar-refractivity contribution is 6.12. The average Bonchev–Trinajstić information content (AvgIpc) is 2.78. The first kappa shape index (κ1) is 23.9. The number of benzene rings is 2. The molecular formula is C24H31NO6. The number of hydrogen-bond acceptors (Lipinski definition) is 7. The van der Waals surface area contributed by atoms with Crippen molar-refractivity contribution >= 4 is 17.5 Å². The molecule has 0 radical (unpaired) electrons. The largest absolute Gasteiger partial charge is 0.493 e. The number of nitrogen functional groups attached to an aromatic ring is 1. The lowest BCUT2D eigenvalue weighted by molar-refractivity contribution is 0.103. The minimum atomic E-state index is -0.112. The van der Waals surface area contributed by atoms with Crippen LogP contribution in [0.5, 0.6) is 28.7 Å². The minimum Gasteiger partial charge on any atom is -0.493 e. The number of anilines is 1. The summed E-state index contributed by atoms with van der Waals surface area (Å²) in [6.45, 7) is 4.34. The molecule has 0 amide bonds. The van der Waals surface area contributed by atoms with E-state index in [0.29, 0.717) is 64.2 Å². The maximum absolute atomic E-state index is 13.3. The molecule has 0 bridgehead atoms. The number of hydrogen-bond donors (Lipinski definition) is 1. The molecule has 7 nitrogen and oxygen atoms in total. The Labute approximate surface area is 183 Å². The highest BCUT2D eigenvalue weighted by atomic mass is 16.5. The molecule has 168 valence electrons. The number of rotatable bonds is 11. The third-order valence-electron chi connectivity index (χ3n) is 4.73. The van der Waals surface area contributed by atoms with E-state index in [4.69, 9.17) is 29.4 Å². The summed E-state index contributed by atoms with van der Waals surface area (Å²) in [6.07, 6.45) is 3.16. The van der Waals surface area contributed by atoms with Crippen molar-refractivity contribution in [3.05, 3.63) is 41.0 Å². The maximum atomic E-state index is 13.3. The van der Waals surface area contributed by atoms with Crippen LogP contribution in [0.1, 0.15) is 42.6 Å². The lowest BCUT2D eigenvalue weighted by Gasteiger charge is -2.18. The molecule has 2 aromatic rings. The monoisotopic (exact) mass is 429 g/mol. The number of ether oxygens (including phenoxy) is 5. The van der Waals surface area contributed by atoms with Gasteiger partial charge in [0.25, 0.3) is 0 Å². The summed E-state index contributed by atoms with van der Waals surface area (Å²) < 4.78 is 27.5. The minimum absolute atomic E-state index is 0.112. The van der Waals surface area contributed by atoms with Crippen LogP contribution in [0.4, 0.5) is 5.69 Å². The van der Waals surface area contributed by atoms with Gasteiger partial charge in [0.2, 0.25) is 11.5 Å². The molecule has 0 fully saturated rings. The quantitative estimate of drug-likeness (QED) is 0.313. The molecule has 0 unspecified atom stereocenters. The van der Waals surface area contributed by atoms with Gasteiger partial charge in [0.1, 0.15) is 5.75 Å². The normalized spacial score (nSPS) is 11.1. The lowest BCUT2D eigenvalue weighted by atomic mass is 9.96. The molecule has 2 rings (SSSR count). The Morgan fingerprint density at radius 1 is 0.903 bits per heavy atom. The zero-order valence-electron chi connectivity index (χ0n) is 19.0. The van der Waals surface area contributed by atoms with Crippen molar-refractivity contribution in [3.8, 4) is 28.7 Å². The number of ketones is 1. The van der Waals surface area contributed by atoms with Gasteiger partial charge in [-0.25, -0.2) is 0 Å². The van der Waals surface area contributed by atoms with Gasteiger partial charge in [-0.15, -0.1) is 0 Å². The zero-order valence-corrected chi connectivity index (χ0v) is 19.0. The average molecular weight is 430 g/mol. The lowest BCUT2D eigenvalue weighted by Crippen LogP contribution is -2.06. The third kappa shape index (κ3) is 5.23. The van der Waals surface area contributed by atoms with E-state index >= 15 is 0 Å². The Morgan fingerprint density at radius 3 is 2.13 bits per heavy atom. The van der Waals surface area contributed by atoms with Crippen LogP contribution in [0.25, 0.3) is 6.08 Å². The number of carbonyl (C=O) groups excluding carboxylic acids is 1. The molecule has 0 atom stereocenters. The van der Waals surface area contributed by atoms with E-state index in [0.717, 1.165) is 6.42 Å². The number of carbonyl (C=O) groups is 1. The van der Waals surface area contributed by atoms with Gasteiger partial charge in [-0.05, 0) is 43.7 Å². The first-order chi connectivity index (χ1) is 14.9. The van der Waals surface area contributed by atoms with Crippen molar-refractivity contribution in [2.24, 2.45) is 0 Å². The maximum Gasteiger partial charge on any atom is 0.207 e. The van der Waals surface area contributed by atoms with Crippen molar-refractivity contribution in [2.45, 2.75) is 26.7 Å². The van der Waals surface area contributed by atoms with Crippen LogP contribution in [-0.4, -0.2) is 40.8 Å². The first-order valence-electron chi connectivity index (χ1n) is 10.1. The van der Waals surface area contributed by atoms with Crippen LogP contribution in [0.3, 0.4) is 0 Å². The molecule has 0 aliphatic heterocycles. The Bertz CT molecular complexity index is 952. The second-order valence-electron chi connectivity index (χ2n) is 6.70. The molecule has 7 heteroatoms. The van der Waals surface area contributed by atoms with E-state index in [1.165, 1.54) is 21.3 Å². The summed E-state index contributed by atoms with van der Waals surface area (Å²) in [5.41, 5.74) is 8.21. The van der Waals surface area contributed by atoms with Crippen molar-refractivity contribution in [1.29, 1.82) is 0 Å². The predicted molar refractivity (Wildman–Crippen MR) is 122 cm³/mol.